The minimum Gasteiger partial charge on any atom is -0.497 e. The van der Waals surface area contributed by atoms with Gasteiger partial charge >= 0.3 is 0 Å². The third-order valence-corrected chi connectivity index (χ3v) is 6.85. The van der Waals surface area contributed by atoms with Gasteiger partial charge in [0.2, 0.25) is 5.91 Å². The summed E-state index contributed by atoms with van der Waals surface area (Å²) in [7, 11) is 1.63. The van der Waals surface area contributed by atoms with E-state index in [2.05, 4.69) is 0 Å². The van der Waals surface area contributed by atoms with Crippen molar-refractivity contribution in [1.29, 1.82) is 0 Å². The molecule has 2 amide bonds. The zero-order valence-corrected chi connectivity index (χ0v) is 20.9. The highest BCUT2D eigenvalue weighted by Gasteiger charge is 2.38. The van der Waals surface area contributed by atoms with E-state index in [1.807, 2.05) is 119 Å². The first-order valence-electron chi connectivity index (χ1n) is 12.5. The Labute approximate surface area is 217 Å². The average Bonchev–Trinajstić information content (AvgIpc) is 3.20. The topological polar surface area (TPSA) is 49.9 Å². The second kappa shape index (κ2) is 11.1. The van der Waals surface area contributed by atoms with Gasteiger partial charge in [0.05, 0.1) is 19.6 Å². The molecule has 37 heavy (non-hydrogen) atoms. The Balaban J connectivity index is 1.42. The molecule has 1 unspecified atom stereocenters. The molecule has 0 aliphatic carbocycles. The van der Waals surface area contributed by atoms with Crippen molar-refractivity contribution in [2.75, 3.05) is 7.11 Å². The summed E-state index contributed by atoms with van der Waals surface area (Å²) >= 11 is 0. The van der Waals surface area contributed by atoms with E-state index in [0.717, 1.165) is 28.0 Å². The van der Waals surface area contributed by atoms with Gasteiger partial charge in [-0.2, -0.15) is 0 Å². The Bertz CT molecular complexity index is 1310. The lowest BCUT2D eigenvalue weighted by Gasteiger charge is -2.29. The monoisotopic (exact) mass is 490 g/mol. The number of carbonyl (C=O) groups is 2. The van der Waals surface area contributed by atoms with Gasteiger partial charge in [-0.15, -0.1) is 0 Å². The quantitative estimate of drug-likeness (QED) is 0.289. The number of rotatable bonds is 9. The minimum atomic E-state index is -0.327. The summed E-state index contributed by atoms with van der Waals surface area (Å²) in [5.74, 6) is 0.743. The van der Waals surface area contributed by atoms with Crippen LogP contribution in [0.1, 0.15) is 45.1 Å². The van der Waals surface area contributed by atoms with E-state index in [1.165, 1.54) is 0 Å². The molecule has 0 saturated carbocycles. The van der Waals surface area contributed by atoms with E-state index in [1.54, 1.807) is 7.11 Å². The summed E-state index contributed by atoms with van der Waals surface area (Å²) in [5, 5.41) is 0. The molecule has 0 spiro atoms. The van der Waals surface area contributed by atoms with Crippen LogP contribution in [0.3, 0.4) is 0 Å². The van der Waals surface area contributed by atoms with E-state index >= 15 is 0 Å². The predicted molar refractivity (Wildman–Crippen MR) is 144 cm³/mol. The van der Waals surface area contributed by atoms with Crippen molar-refractivity contribution in [3.8, 4) is 5.75 Å². The Kier molecular flexibility index (Phi) is 7.31. The minimum absolute atomic E-state index is 0.0157. The van der Waals surface area contributed by atoms with Crippen molar-refractivity contribution < 1.29 is 14.3 Å². The maximum atomic E-state index is 13.9. The Morgan fingerprint density at radius 2 is 1.32 bits per heavy atom. The van der Waals surface area contributed by atoms with Crippen LogP contribution in [0, 0.1) is 0 Å². The maximum absolute atomic E-state index is 13.9. The number of ether oxygens (including phenoxy) is 1. The van der Waals surface area contributed by atoms with Gasteiger partial charge in [-0.3, -0.25) is 9.59 Å². The van der Waals surface area contributed by atoms with Crippen molar-refractivity contribution in [1.82, 2.24) is 9.80 Å². The van der Waals surface area contributed by atoms with E-state index < -0.39 is 0 Å². The fourth-order valence-electron chi connectivity index (χ4n) is 4.91. The van der Waals surface area contributed by atoms with Gasteiger partial charge in [0.1, 0.15) is 5.75 Å². The van der Waals surface area contributed by atoms with Crippen LogP contribution < -0.4 is 4.74 Å². The highest BCUT2D eigenvalue weighted by Crippen LogP contribution is 2.37. The molecule has 1 atom stereocenters. The summed E-state index contributed by atoms with van der Waals surface area (Å²) in [4.78, 5) is 31.0. The summed E-state index contributed by atoms with van der Waals surface area (Å²) in [6.07, 6.45) is 0.221. The summed E-state index contributed by atoms with van der Waals surface area (Å²) in [6, 6.07) is 35.1. The molecule has 1 heterocycles. The standard InChI is InChI=1S/C32H30N2O3/c1-37-27-18-16-26(17-19-27)23-34-30(28-14-8-9-15-29(28)32(34)36)20-31(35)33(21-24-10-4-2-5-11-24)22-25-12-6-3-7-13-25/h2-19,30H,20-23H2,1H3. The number of carbonyl (C=O) groups excluding carboxylic acids is 2. The lowest BCUT2D eigenvalue weighted by Crippen LogP contribution is -2.35. The van der Waals surface area contributed by atoms with E-state index in [9.17, 15) is 9.59 Å². The molecular weight excluding hydrogens is 460 g/mol. The van der Waals surface area contributed by atoms with Crippen LogP contribution in [0.5, 0.6) is 5.75 Å². The van der Waals surface area contributed by atoms with Gasteiger partial charge in [-0.1, -0.05) is 91.0 Å². The zero-order chi connectivity index (χ0) is 25.6. The number of benzene rings is 4. The van der Waals surface area contributed by atoms with Crippen molar-refractivity contribution in [3.05, 3.63) is 137 Å². The van der Waals surface area contributed by atoms with Crippen LogP contribution in [-0.2, 0) is 24.4 Å². The molecule has 186 valence electrons. The van der Waals surface area contributed by atoms with Gasteiger partial charge < -0.3 is 14.5 Å². The van der Waals surface area contributed by atoms with Crippen LogP contribution >= 0.6 is 0 Å². The number of amides is 2. The van der Waals surface area contributed by atoms with Gasteiger partial charge in [0.15, 0.2) is 0 Å². The molecular formula is C32H30N2O3. The fraction of sp³-hybridized carbons (Fsp3) is 0.188. The predicted octanol–water partition coefficient (Wildman–Crippen LogP) is 6.01. The van der Waals surface area contributed by atoms with Crippen LogP contribution in [0.4, 0.5) is 0 Å². The van der Waals surface area contributed by atoms with Crippen molar-refractivity contribution >= 4 is 11.8 Å². The van der Waals surface area contributed by atoms with Gasteiger partial charge in [0, 0.05) is 25.2 Å². The normalized spacial score (nSPS) is 14.4. The van der Waals surface area contributed by atoms with Crippen molar-refractivity contribution in [3.63, 3.8) is 0 Å². The number of hydrogen-bond acceptors (Lipinski definition) is 3. The molecule has 4 aromatic rings. The lowest BCUT2D eigenvalue weighted by atomic mass is 10.0. The second-order valence-corrected chi connectivity index (χ2v) is 9.31. The molecule has 1 aliphatic rings. The fourth-order valence-corrected chi connectivity index (χ4v) is 4.91. The third-order valence-electron chi connectivity index (χ3n) is 6.85. The molecule has 5 nitrogen and oxygen atoms in total. The highest BCUT2D eigenvalue weighted by molar-refractivity contribution is 5.99. The number of hydrogen-bond donors (Lipinski definition) is 0. The third kappa shape index (κ3) is 5.56. The summed E-state index contributed by atoms with van der Waals surface area (Å²) in [6.45, 7) is 1.44. The van der Waals surface area contributed by atoms with Crippen LogP contribution in [0.25, 0.3) is 0 Å². The molecule has 0 radical (unpaired) electrons. The molecule has 5 heteroatoms. The number of nitrogens with zero attached hydrogens (tertiary/aromatic N) is 2. The Morgan fingerprint density at radius 1 is 0.757 bits per heavy atom. The first-order valence-corrected chi connectivity index (χ1v) is 12.5. The van der Waals surface area contributed by atoms with Crippen LogP contribution in [0.15, 0.2) is 109 Å². The molecule has 5 rings (SSSR count). The first kappa shape index (κ1) is 24.3. The van der Waals surface area contributed by atoms with Gasteiger partial charge in [0.25, 0.3) is 5.91 Å². The number of fused-ring (bicyclic) bond motifs is 1. The van der Waals surface area contributed by atoms with E-state index in [-0.39, 0.29) is 24.3 Å². The van der Waals surface area contributed by atoms with Crippen molar-refractivity contribution in [2.45, 2.75) is 32.1 Å². The number of methoxy groups -OCH3 is 1. The Hall–Kier alpha value is -4.38. The highest BCUT2D eigenvalue weighted by atomic mass is 16.5. The smallest absolute Gasteiger partial charge is 0.255 e. The molecule has 0 fully saturated rings. The van der Waals surface area contributed by atoms with E-state index in [4.69, 9.17) is 4.74 Å². The largest absolute Gasteiger partial charge is 0.497 e. The SMILES string of the molecule is COc1ccc(CN2C(=O)c3ccccc3C2CC(=O)N(Cc2ccccc2)Cc2ccccc2)cc1. The molecule has 0 N–H and O–H groups in total. The van der Waals surface area contributed by atoms with E-state index in [0.29, 0.717) is 25.2 Å². The molecule has 4 aromatic carbocycles. The summed E-state index contributed by atoms with van der Waals surface area (Å²) < 4.78 is 5.28. The lowest BCUT2D eigenvalue weighted by molar-refractivity contribution is -0.133. The van der Waals surface area contributed by atoms with Crippen LogP contribution in [-0.4, -0.2) is 28.7 Å². The maximum Gasteiger partial charge on any atom is 0.255 e. The summed E-state index contributed by atoms with van der Waals surface area (Å²) in [5.41, 5.74) is 4.72. The molecule has 0 saturated heterocycles. The van der Waals surface area contributed by atoms with Crippen LogP contribution in [0.2, 0.25) is 0 Å². The molecule has 0 bridgehead atoms. The Morgan fingerprint density at radius 3 is 1.92 bits per heavy atom. The average molecular weight is 491 g/mol. The first-order chi connectivity index (χ1) is 18.1. The molecule has 1 aliphatic heterocycles. The molecule has 0 aromatic heterocycles. The van der Waals surface area contributed by atoms with Crippen molar-refractivity contribution in [2.24, 2.45) is 0 Å². The second-order valence-electron chi connectivity index (χ2n) is 9.31. The zero-order valence-electron chi connectivity index (χ0n) is 20.9. The van der Waals surface area contributed by atoms with Gasteiger partial charge in [-0.05, 0) is 40.5 Å². The van der Waals surface area contributed by atoms with Gasteiger partial charge in [-0.25, -0.2) is 0 Å².